The zero-order valence-corrected chi connectivity index (χ0v) is 7.16. The zero-order chi connectivity index (χ0) is 8.20. The van der Waals surface area contributed by atoms with Gasteiger partial charge in [-0.25, -0.2) is 8.42 Å². The van der Waals surface area contributed by atoms with E-state index >= 15 is 0 Å². The van der Waals surface area contributed by atoms with E-state index in [2.05, 4.69) is 4.99 Å². The Hall–Kier alpha value is -0.540. The summed E-state index contributed by atoms with van der Waals surface area (Å²) in [7, 11) is -3.29. The maximum Gasteiger partial charge on any atom is 0.207 e. The molecule has 0 saturated heterocycles. The first-order chi connectivity index (χ1) is 4.52. The molecule has 0 aliphatic rings. The topological polar surface area (TPSA) is 70.3 Å². The van der Waals surface area contributed by atoms with Crippen LogP contribution < -0.4 is 0 Å². The molecule has 0 spiro atoms. The van der Waals surface area contributed by atoms with Crippen LogP contribution in [0.15, 0.2) is 4.99 Å². The van der Waals surface area contributed by atoms with Crippen LogP contribution >= 0.6 is 11.8 Å². The average molecular weight is 178 g/mol. The monoisotopic (exact) mass is 178 g/mol. The number of rotatable bonds is 0. The lowest BCUT2D eigenvalue weighted by molar-refractivity contribution is 0.613. The smallest absolute Gasteiger partial charge is 0.207 e. The molecule has 0 fully saturated rings. The second-order valence-corrected chi connectivity index (χ2v) is 4.44. The summed E-state index contributed by atoms with van der Waals surface area (Å²) in [6.07, 6.45) is 3.98. The Balaban J connectivity index is 4.77. The van der Waals surface area contributed by atoms with E-state index in [4.69, 9.17) is 5.26 Å². The van der Waals surface area contributed by atoms with E-state index in [1.165, 1.54) is 6.19 Å². The van der Waals surface area contributed by atoms with E-state index in [-0.39, 0.29) is 4.38 Å². The molecule has 4 nitrogen and oxygen atoms in total. The predicted molar refractivity (Wildman–Crippen MR) is 41.4 cm³/mol. The zero-order valence-electron chi connectivity index (χ0n) is 5.53. The number of nitriles is 1. The maximum absolute atomic E-state index is 10.6. The molecule has 0 N–H and O–H groups in total. The van der Waals surface area contributed by atoms with Gasteiger partial charge in [0.05, 0.1) is 0 Å². The molecule has 10 heavy (non-hydrogen) atoms. The Morgan fingerprint density at radius 1 is 1.70 bits per heavy atom. The van der Waals surface area contributed by atoms with Gasteiger partial charge < -0.3 is 0 Å². The Bertz CT molecular complexity index is 272. The highest BCUT2D eigenvalue weighted by Crippen LogP contribution is 2.04. The Kier molecular flexibility index (Phi) is 3.39. The highest BCUT2D eigenvalue weighted by Gasteiger charge is 2.10. The van der Waals surface area contributed by atoms with Crippen LogP contribution in [-0.2, 0) is 9.84 Å². The summed E-state index contributed by atoms with van der Waals surface area (Å²) in [6.45, 7) is 0. The van der Waals surface area contributed by atoms with Crippen LogP contribution in [0.2, 0.25) is 0 Å². The molecule has 0 amide bonds. The molecule has 0 atom stereocenters. The van der Waals surface area contributed by atoms with Crippen LogP contribution in [0.4, 0.5) is 0 Å². The first-order valence-corrected chi connectivity index (χ1v) is 5.35. The summed E-state index contributed by atoms with van der Waals surface area (Å²) in [5.74, 6) is 0. The summed E-state index contributed by atoms with van der Waals surface area (Å²) >= 11 is 0.941. The minimum Gasteiger partial charge on any atom is -0.222 e. The average Bonchev–Trinajstić information content (AvgIpc) is 1.80. The molecule has 0 aromatic carbocycles. The quantitative estimate of drug-likeness (QED) is 0.302. The van der Waals surface area contributed by atoms with Gasteiger partial charge in [-0.1, -0.05) is 11.8 Å². The SMILES string of the molecule is CSC(=NC#N)S(C)(=O)=O. The van der Waals surface area contributed by atoms with Crippen molar-refractivity contribution in [3.63, 3.8) is 0 Å². The summed E-state index contributed by atoms with van der Waals surface area (Å²) in [6, 6.07) is 0. The maximum atomic E-state index is 10.6. The predicted octanol–water partition coefficient (Wildman–Crippen LogP) is 0.231. The summed E-state index contributed by atoms with van der Waals surface area (Å²) < 4.78 is 21.2. The molecule has 0 aromatic rings. The first kappa shape index (κ1) is 9.46. The van der Waals surface area contributed by atoms with Gasteiger partial charge >= 0.3 is 0 Å². The van der Waals surface area contributed by atoms with Crippen LogP contribution in [0.1, 0.15) is 0 Å². The number of sulfone groups is 1. The molecular formula is C4H6N2O2S2. The molecule has 0 aliphatic heterocycles. The van der Waals surface area contributed by atoms with E-state index in [1.807, 2.05) is 0 Å². The molecule has 0 aliphatic carbocycles. The van der Waals surface area contributed by atoms with E-state index in [0.29, 0.717) is 0 Å². The number of hydrogen-bond donors (Lipinski definition) is 0. The summed E-state index contributed by atoms with van der Waals surface area (Å²) in [5.41, 5.74) is 0. The van der Waals surface area contributed by atoms with Gasteiger partial charge in [0.2, 0.25) is 10.6 Å². The molecule has 0 bridgehead atoms. The molecule has 0 saturated carbocycles. The fourth-order valence-electron chi connectivity index (χ4n) is 0.321. The third-order valence-electron chi connectivity index (χ3n) is 0.633. The lowest BCUT2D eigenvalue weighted by Crippen LogP contribution is -2.07. The van der Waals surface area contributed by atoms with Crippen LogP contribution in [0.25, 0.3) is 0 Å². The molecule has 0 rings (SSSR count). The standard InChI is InChI=1S/C4H6N2O2S2/c1-9-4(6-3-5)10(2,7)8/h1-2H3. The van der Waals surface area contributed by atoms with Gasteiger partial charge in [0.15, 0.2) is 9.84 Å². The summed E-state index contributed by atoms with van der Waals surface area (Å²) in [5, 5.41) is 8.02. The number of thioether (sulfide) groups is 1. The van der Waals surface area contributed by atoms with Gasteiger partial charge in [0.25, 0.3) is 0 Å². The molecular weight excluding hydrogens is 172 g/mol. The van der Waals surface area contributed by atoms with E-state index in [0.717, 1.165) is 18.0 Å². The van der Waals surface area contributed by atoms with Gasteiger partial charge in [-0.2, -0.15) is 10.3 Å². The van der Waals surface area contributed by atoms with Crippen molar-refractivity contribution in [2.75, 3.05) is 12.5 Å². The van der Waals surface area contributed by atoms with Crippen molar-refractivity contribution in [3.8, 4) is 6.19 Å². The first-order valence-electron chi connectivity index (χ1n) is 2.23. The van der Waals surface area contributed by atoms with Crippen molar-refractivity contribution in [1.82, 2.24) is 0 Å². The fraction of sp³-hybridized carbons (Fsp3) is 0.500. The molecule has 56 valence electrons. The van der Waals surface area contributed by atoms with Crippen molar-refractivity contribution in [2.24, 2.45) is 4.99 Å². The van der Waals surface area contributed by atoms with E-state index in [9.17, 15) is 8.42 Å². The molecule has 0 unspecified atom stereocenters. The summed E-state index contributed by atoms with van der Waals surface area (Å²) in [4.78, 5) is 3.11. The van der Waals surface area contributed by atoms with Crippen LogP contribution in [0.5, 0.6) is 0 Å². The molecule has 0 aromatic heterocycles. The van der Waals surface area contributed by atoms with Gasteiger partial charge in [0, 0.05) is 6.26 Å². The number of aliphatic imine (C=N–C) groups is 1. The van der Waals surface area contributed by atoms with Gasteiger partial charge in [-0.3, -0.25) is 0 Å². The fourth-order valence-corrected chi connectivity index (χ4v) is 1.87. The molecule has 6 heteroatoms. The highest BCUT2D eigenvalue weighted by atomic mass is 32.3. The Morgan fingerprint density at radius 3 is 2.30 bits per heavy atom. The second kappa shape index (κ2) is 3.58. The lowest BCUT2D eigenvalue weighted by Gasteiger charge is -1.93. The van der Waals surface area contributed by atoms with Crippen LogP contribution in [0.3, 0.4) is 0 Å². The van der Waals surface area contributed by atoms with Crippen LogP contribution in [0, 0.1) is 11.5 Å². The second-order valence-electron chi connectivity index (χ2n) is 1.45. The number of nitrogens with zero attached hydrogens (tertiary/aromatic N) is 2. The van der Waals surface area contributed by atoms with Crippen LogP contribution in [-0.4, -0.2) is 25.3 Å². The molecule has 0 heterocycles. The highest BCUT2D eigenvalue weighted by molar-refractivity contribution is 8.34. The van der Waals surface area contributed by atoms with Gasteiger partial charge in [-0.15, -0.1) is 0 Å². The lowest BCUT2D eigenvalue weighted by atomic mass is 11.3. The van der Waals surface area contributed by atoms with Crippen molar-refractivity contribution < 1.29 is 8.42 Å². The number of hydrogen-bond acceptors (Lipinski definition) is 5. The van der Waals surface area contributed by atoms with Gasteiger partial charge in [0.1, 0.15) is 0 Å². The minimum absolute atomic E-state index is 0.144. The largest absolute Gasteiger partial charge is 0.222 e. The normalized spacial score (nSPS) is 12.7. The van der Waals surface area contributed by atoms with Crippen molar-refractivity contribution >= 4 is 26.0 Å². The Labute approximate surface area is 63.9 Å². The van der Waals surface area contributed by atoms with Gasteiger partial charge in [-0.05, 0) is 6.26 Å². The van der Waals surface area contributed by atoms with Crippen molar-refractivity contribution in [2.45, 2.75) is 0 Å². The van der Waals surface area contributed by atoms with E-state index < -0.39 is 9.84 Å². The van der Waals surface area contributed by atoms with Crippen molar-refractivity contribution in [1.29, 1.82) is 5.26 Å². The van der Waals surface area contributed by atoms with Crippen molar-refractivity contribution in [3.05, 3.63) is 0 Å². The molecule has 0 radical (unpaired) electrons. The van der Waals surface area contributed by atoms with E-state index in [1.54, 1.807) is 6.26 Å². The third-order valence-corrected chi connectivity index (χ3v) is 3.21. The Morgan fingerprint density at radius 2 is 2.20 bits per heavy atom. The minimum atomic E-state index is -3.29. The third kappa shape index (κ3) is 2.85.